The molecule has 0 bridgehead atoms. The van der Waals surface area contributed by atoms with Crippen LogP contribution in [-0.4, -0.2) is 28.3 Å². The lowest BCUT2D eigenvalue weighted by Crippen LogP contribution is -2.35. The minimum absolute atomic E-state index is 0.0802. The molecule has 25 heavy (non-hydrogen) atoms. The van der Waals surface area contributed by atoms with Gasteiger partial charge < -0.3 is 14.9 Å². The third-order valence-corrected chi connectivity index (χ3v) is 5.04. The topological polar surface area (TPSA) is 83.8 Å². The maximum absolute atomic E-state index is 11.7. The smallest absolute Gasteiger partial charge is 0.339 e. The van der Waals surface area contributed by atoms with Crippen molar-refractivity contribution in [1.82, 2.24) is 0 Å². The standard InChI is InChI=1S/C20H28O5/c1-2-3-4-5-6-7-12-17(20(13-14-20)19(23)24)25-16-11-9-8-10-15(16)18(21)22/h8-11,17H,2-7,12-14H2,1H3,(H,21,22)(H,23,24). The first-order valence-corrected chi connectivity index (χ1v) is 9.23. The van der Waals surface area contributed by atoms with Crippen LogP contribution >= 0.6 is 0 Å². The van der Waals surface area contributed by atoms with Gasteiger partial charge in [0.05, 0.1) is 0 Å². The first-order valence-electron chi connectivity index (χ1n) is 9.23. The van der Waals surface area contributed by atoms with Crippen molar-refractivity contribution >= 4 is 11.9 Å². The van der Waals surface area contributed by atoms with E-state index in [1.54, 1.807) is 18.2 Å². The van der Waals surface area contributed by atoms with E-state index in [9.17, 15) is 19.8 Å². The van der Waals surface area contributed by atoms with Crippen molar-refractivity contribution in [1.29, 1.82) is 0 Å². The van der Waals surface area contributed by atoms with E-state index in [2.05, 4.69) is 6.92 Å². The summed E-state index contributed by atoms with van der Waals surface area (Å²) in [4.78, 5) is 23.1. The Labute approximate surface area is 149 Å². The highest BCUT2D eigenvalue weighted by Gasteiger charge is 2.57. The molecular weight excluding hydrogens is 320 g/mol. The van der Waals surface area contributed by atoms with Crippen LogP contribution < -0.4 is 4.74 Å². The van der Waals surface area contributed by atoms with E-state index in [0.29, 0.717) is 19.3 Å². The molecule has 5 heteroatoms. The lowest BCUT2D eigenvalue weighted by atomic mass is 9.93. The van der Waals surface area contributed by atoms with E-state index >= 15 is 0 Å². The van der Waals surface area contributed by atoms with Gasteiger partial charge in [-0.3, -0.25) is 4.79 Å². The molecule has 0 aliphatic heterocycles. The first-order chi connectivity index (χ1) is 12.0. The van der Waals surface area contributed by atoms with Crippen LogP contribution in [0.2, 0.25) is 0 Å². The second-order valence-electron chi connectivity index (χ2n) is 6.93. The number of aliphatic carboxylic acids is 1. The Bertz CT molecular complexity index is 592. The Morgan fingerprint density at radius 2 is 1.72 bits per heavy atom. The summed E-state index contributed by atoms with van der Waals surface area (Å²) in [6.45, 7) is 2.17. The SMILES string of the molecule is CCCCCCCCC(Oc1ccccc1C(=O)O)C1(C(=O)O)CC1. The van der Waals surface area contributed by atoms with Gasteiger partial charge in [-0.1, -0.05) is 51.2 Å². The summed E-state index contributed by atoms with van der Waals surface area (Å²) in [5, 5.41) is 18.9. The lowest BCUT2D eigenvalue weighted by molar-refractivity contribution is -0.147. The number of para-hydroxylation sites is 1. The molecule has 138 valence electrons. The van der Waals surface area contributed by atoms with Crippen LogP contribution in [0.4, 0.5) is 0 Å². The summed E-state index contributed by atoms with van der Waals surface area (Å²) in [5.41, 5.74) is -0.772. The van der Waals surface area contributed by atoms with Gasteiger partial charge in [0.25, 0.3) is 0 Å². The van der Waals surface area contributed by atoms with E-state index < -0.39 is 23.5 Å². The number of hydrogen-bond donors (Lipinski definition) is 2. The highest BCUT2D eigenvalue weighted by Crippen LogP contribution is 2.51. The van der Waals surface area contributed by atoms with Crippen LogP contribution in [0.25, 0.3) is 0 Å². The van der Waals surface area contributed by atoms with Crippen molar-refractivity contribution < 1.29 is 24.5 Å². The first kappa shape index (κ1) is 19.3. The number of ether oxygens (including phenoxy) is 1. The van der Waals surface area contributed by atoms with Crippen molar-refractivity contribution in [3.63, 3.8) is 0 Å². The molecular formula is C20H28O5. The molecule has 1 saturated carbocycles. The van der Waals surface area contributed by atoms with Gasteiger partial charge in [-0.2, -0.15) is 0 Å². The Morgan fingerprint density at radius 3 is 2.32 bits per heavy atom. The van der Waals surface area contributed by atoms with Crippen molar-refractivity contribution in [2.24, 2.45) is 5.41 Å². The molecule has 1 unspecified atom stereocenters. The van der Waals surface area contributed by atoms with Gasteiger partial charge in [0.1, 0.15) is 22.8 Å². The molecule has 1 aromatic carbocycles. The van der Waals surface area contributed by atoms with E-state index in [1.807, 2.05) is 0 Å². The third kappa shape index (κ3) is 4.97. The summed E-state index contributed by atoms with van der Waals surface area (Å²) < 4.78 is 5.96. The molecule has 0 aromatic heterocycles. The van der Waals surface area contributed by atoms with Crippen molar-refractivity contribution in [2.45, 2.75) is 70.8 Å². The Hall–Kier alpha value is -2.04. The largest absolute Gasteiger partial charge is 0.488 e. The van der Waals surface area contributed by atoms with Crippen LogP contribution in [0.15, 0.2) is 24.3 Å². The Balaban J connectivity index is 2.03. The second kappa shape index (κ2) is 8.88. The average Bonchev–Trinajstić information content (AvgIpc) is 3.39. The van der Waals surface area contributed by atoms with E-state index in [4.69, 9.17) is 4.74 Å². The molecule has 0 amide bonds. The number of carboxylic acids is 2. The number of benzene rings is 1. The predicted octanol–water partition coefficient (Wildman–Crippen LogP) is 4.75. The number of carboxylic acid groups (broad SMARTS) is 2. The molecule has 2 N–H and O–H groups in total. The minimum atomic E-state index is -1.06. The molecule has 5 nitrogen and oxygen atoms in total. The van der Waals surface area contributed by atoms with Crippen LogP contribution in [0.1, 0.15) is 75.1 Å². The third-order valence-electron chi connectivity index (χ3n) is 5.04. The van der Waals surface area contributed by atoms with Crippen molar-refractivity contribution in [2.75, 3.05) is 0 Å². The lowest BCUT2D eigenvalue weighted by Gasteiger charge is -2.25. The monoisotopic (exact) mass is 348 g/mol. The van der Waals surface area contributed by atoms with Crippen molar-refractivity contribution in [3.8, 4) is 5.75 Å². The number of unbranched alkanes of at least 4 members (excludes halogenated alkanes) is 5. The Morgan fingerprint density at radius 1 is 1.08 bits per heavy atom. The maximum Gasteiger partial charge on any atom is 0.339 e. The van der Waals surface area contributed by atoms with Crippen LogP contribution in [0, 0.1) is 5.41 Å². The summed E-state index contributed by atoms with van der Waals surface area (Å²) >= 11 is 0. The molecule has 1 fully saturated rings. The zero-order chi connectivity index (χ0) is 18.3. The van der Waals surface area contributed by atoms with Gasteiger partial charge in [-0.05, 0) is 37.8 Å². The van der Waals surface area contributed by atoms with E-state index in [1.165, 1.54) is 25.3 Å². The van der Waals surface area contributed by atoms with Gasteiger partial charge in [-0.15, -0.1) is 0 Å². The van der Waals surface area contributed by atoms with Gasteiger partial charge in [0.2, 0.25) is 0 Å². The molecule has 0 spiro atoms. The highest BCUT2D eigenvalue weighted by atomic mass is 16.5. The Kier molecular flexibility index (Phi) is 6.85. The van der Waals surface area contributed by atoms with Gasteiger partial charge >= 0.3 is 11.9 Å². The fourth-order valence-corrected chi connectivity index (χ4v) is 3.27. The van der Waals surface area contributed by atoms with Crippen LogP contribution in [0.3, 0.4) is 0 Å². The normalized spacial score (nSPS) is 16.2. The second-order valence-corrected chi connectivity index (χ2v) is 6.93. The average molecular weight is 348 g/mol. The van der Waals surface area contributed by atoms with Crippen LogP contribution in [0.5, 0.6) is 5.75 Å². The zero-order valence-corrected chi connectivity index (χ0v) is 14.9. The minimum Gasteiger partial charge on any atom is -0.488 e. The van der Waals surface area contributed by atoms with Crippen molar-refractivity contribution in [3.05, 3.63) is 29.8 Å². The summed E-state index contributed by atoms with van der Waals surface area (Å²) in [7, 11) is 0. The van der Waals surface area contributed by atoms with E-state index in [0.717, 1.165) is 19.3 Å². The molecule has 0 saturated heterocycles. The fraction of sp³-hybridized carbons (Fsp3) is 0.600. The number of carbonyl (C=O) groups is 2. The summed E-state index contributed by atoms with van der Waals surface area (Å²) in [6.07, 6.45) is 8.08. The number of hydrogen-bond acceptors (Lipinski definition) is 3. The molecule has 0 radical (unpaired) electrons. The maximum atomic E-state index is 11.7. The van der Waals surface area contributed by atoms with E-state index in [-0.39, 0.29) is 11.3 Å². The molecule has 2 rings (SSSR count). The molecule has 0 heterocycles. The summed E-state index contributed by atoms with van der Waals surface area (Å²) in [6, 6.07) is 6.45. The number of rotatable bonds is 12. The predicted molar refractivity (Wildman–Crippen MR) is 95.1 cm³/mol. The molecule has 1 aliphatic rings. The number of aromatic carboxylic acids is 1. The van der Waals surface area contributed by atoms with Gasteiger partial charge in [-0.25, -0.2) is 4.79 Å². The van der Waals surface area contributed by atoms with Gasteiger partial charge in [0.15, 0.2) is 0 Å². The highest BCUT2D eigenvalue weighted by molar-refractivity contribution is 5.90. The van der Waals surface area contributed by atoms with Crippen LogP contribution in [-0.2, 0) is 4.79 Å². The zero-order valence-electron chi connectivity index (χ0n) is 14.9. The summed E-state index contributed by atoms with van der Waals surface area (Å²) in [5.74, 6) is -1.64. The van der Waals surface area contributed by atoms with Gasteiger partial charge in [0, 0.05) is 0 Å². The molecule has 1 aliphatic carbocycles. The molecule has 1 atom stereocenters. The quantitative estimate of drug-likeness (QED) is 0.533. The fourth-order valence-electron chi connectivity index (χ4n) is 3.27. The molecule has 1 aromatic rings.